The number of halogens is 1. The number of guanidine groups is 1. The summed E-state index contributed by atoms with van der Waals surface area (Å²) in [5.41, 5.74) is 1.35. The Balaban J connectivity index is 0.00000341. The van der Waals surface area contributed by atoms with E-state index in [-0.39, 0.29) is 29.9 Å². The molecule has 170 valence electrons. The molecule has 2 aromatic rings. The van der Waals surface area contributed by atoms with E-state index in [2.05, 4.69) is 71.9 Å². The number of hydrogen-bond donors (Lipinski definition) is 2. The predicted octanol–water partition coefficient (Wildman–Crippen LogP) is 4.59. The van der Waals surface area contributed by atoms with Gasteiger partial charge in [-0.2, -0.15) is 0 Å². The number of amides is 1. The second kappa shape index (κ2) is 12.9. The molecule has 1 saturated heterocycles. The topological polar surface area (TPSA) is 56.7 Å². The lowest BCUT2D eigenvalue weighted by molar-refractivity contribution is -0.136. The Labute approximate surface area is 204 Å². The molecule has 1 amide bonds. The zero-order valence-corrected chi connectivity index (χ0v) is 21.4. The van der Waals surface area contributed by atoms with E-state index >= 15 is 0 Å². The quantitative estimate of drug-likeness (QED) is 0.309. The molecule has 1 fully saturated rings. The highest BCUT2D eigenvalue weighted by atomic mass is 127. The van der Waals surface area contributed by atoms with Gasteiger partial charge in [-0.3, -0.25) is 9.79 Å². The van der Waals surface area contributed by atoms with Crippen LogP contribution in [0.3, 0.4) is 0 Å². The van der Waals surface area contributed by atoms with Crippen molar-refractivity contribution in [2.24, 2.45) is 10.9 Å². The van der Waals surface area contributed by atoms with Gasteiger partial charge in [-0.25, -0.2) is 0 Å². The molecule has 5 nitrogen and oxygen atoms in total. The molecule has 0 bridgehead atoms. The molecule has 0 spiro atoms. The number of hydrogen-bond acceptors (Lipinski definition) is 2. The summed E-state index contributed by atoms with van der Waals surface area (Å²) in [6, 6.07) is 15.4. The maximum Gasteiger partial charge on any atom is 0.225 e. The Morgan fingerprint density at radius 3 is 2.45 bits per heavy atom. The van der Waals surface area contributed by atoms with Crippen LogP contribution in [0.2, 0.25) is 0 Å². The van der Waals surface area contributed by atoms with Crippen LogP contribution in [0.15, 0.2) is 47.5 Å². The van der Waals surface area contributed by atoms with Crippen LogP contribution in [-0.4, -0.2) is 49.5 Å². The molecule has 1 aliphatic rings. The van der Waals surface area contributed by atoms with E-state index in [0.717, 1.165) is 57.7 Å². The van der Waals surface area contributed by atoms with Crippen LogP contribution >= 0.6 is 24.0 Å². The number of aliphatic imine (C=N–C) groups is 1. The lowest BCUT2D eigenvalue weighted by Gasteiger charge is -2.34. The second-order valence-electron chi connectivity index (χ2n) is 8.14. The summed E-state index contributed by atoms with van der Waals surface area (Å²) >= 11 is 0. The van der Waals surface area contributed by atoms with Crippen molar-refractivity contribution in [3.63, 3.8) is 0 Å². The van der Waals surface area contributed by atoms with Crippen molar-refractivity contribution >= 4 is 46.6 Å². The fraction of sp³-hybridized carbons (Fsp3) is 0.520. The lowest BCUT2D eigenvalue weighted by Crippen LogP contribution is -2.50. The van der Waals surface area contributed by atoms with Gasteiger partial charge in [0.2, 0.25) is 5.91 Å². The Bertz CT molecular complexity index is 852. The van der Waals surface area contributed by atoms with E-state index in [0.29, 0.717) is 11.9 Å². The number of likely N-dealkylation sites (tertiary alicyclic amines) is 1. The van der Waals surface area contributed by atoms with E-state index < -0.39 is 0 Å². The van der Waals surface area contributed by atoms with Gasteiger partial charge in [-0.1, -0.05) is 56.3 Å². The number of carbonyl (C=O) groups excluding carboxylic acids is 1. The molecule has 1 aliphatic heterocycles. The Morgan fingerprint density at radius 2 is 1.77 bits per heavy atom. The molecule has 0 aliphatic carbocycles. The summed E-state index contributed by atoms with van der Waals surface area (Å²) in [4.78, 5) is 19.0. The average Bonchev–Trinajstić information content (AvgIpc) is 2.79. The first-order chi connectivity index (χ1) is 14.7. The molecule has 31 heavy (non-hydrogen) atoms. The van der Waals surface area contributed by atoms with Crippen molar-refractivity contribution in [2.45, 2.75) is 52.0 Å². The first-order valence-corrected chi connectivity index (χ1v) is 11.4. The van der Waals surface area contributed by atoms with Crippen LogP contribution < -0.4 is 10.6 Å². The van der Waals surface area contributed by atoms with Crippen LogP contribution in [0.1, 0.15) is 45.1 Å². The van der Waals surface area contributed by atoms with Gasteiger partial charge in [-0.15, -0.1) is 24.0 Å². The SMILES string of the molecule is CCC(CC)C(=O)N1CCC(NC(=NC)NCCc2cccc3ccccc23)CC1.I. The maximum absolute atomic E-state index is 12.6. The molecular weight excluding hydrogens is 499 g/mol. The molecule has 0 aromatic heterocycles. The molecule has 2 aromatic carbocycles. The highest BCUT2D eigenvalue weighted by molar-refractivity contribution is 14.0. The number of carbonyl (C=O) groups is 1. The monoisotopic (exact) mass is 536 g/mol. The summed E-state index contributed by atoms with van der Waals surface area (Å²) in [6.45, 7) is 6.71. The van der Waals surface area contributed by atoms with Gasteiger partial charge >= 0.3 is 0 Å². The number of rotatable bonds is 7. The molecular formula is C25H37IN4O. The second-order valence-corrected chi connectivity index (χ2v) is 8.14. The van der Waals surface area contributed by atoms with Crippen LogP contribution in [0.4, 0.5) is 0 Å². The number of fused-ring (bicyclic) bond motifs is 1. The third kappa shape index (κ3) is 6.82. The van der Waals surface area contributed by atoms with Crippen molar-refractivity contribution in [1.29, 1.82) is 0 Å². The third-order valence-corrected chi connectivity index (χ3v) is 6.27. The molecule has 0 saturated carbocycles. The fourth-order valence-electron chi connectivity index (χ4n) is 4.35. The zero-order chi connectivity index (χ0) is 21.3. The first kappa shape index (κ1) is 25.4. The minimum Gasteiger partial charge on any atom is -0.356 e. The van der Waals surface area contributed by atoms with Gasteiger partial charge in [0.25, 0.3) is 0 Å². The van der Waals surface area contributed by atoms with Gasteiger partial charge in [0.15, 0.2) is 5.96 Å². The molecule has 3 rings (SSSR count). The van der Waals surface area contributed by atoms with Gasteiger partial charge in [0.1, 0.15) is 0 Å². The minimum absolute atomic E-state index is 0. The normalized spacial score (nSPS) is 15.1. The summed E-state index contributed by atoms with van der Waals surface area (Å²) in [6.07, 6.45) is 4.75. The number of nitrogens with zero attached hydrogens (tertiary/aromatic N) is 2. The van der Waals surface area contributed by atoms with E-state index in [9.17, 15) is 4.79 Å². The zero-order valence-electron chi connectivity index (χ0n) is 19.1. The van der Waals surface area contributed by atoms with Crippen molar-refractivity contribution in [3.8, 4) is 0 Å². The van der Waals surface area contributed by atoms with E-state index in [4.69, 9.17) is 0 Å². The number of nitrogens with one attached hydrogen (secondary N) is 2. The summed E-state index contributed by atoms with van der Waals surface area (Å²) in [5.74, 6) is 1.36. The smallest absolute Gasteiger partial charge is 0.225 e. The molecule has 0 atom stereocenters. The Morgan fingerprint density at radius 1 is 1.10 bits per heavy atom. The van der Waals surface area contributed by atoms with Crippen molar-refractivity contribution in [1.82, 2.24) is 15.5 Å². The summed E-state index contributed by atoms with van der Waals surface area (Å²) < 4.78 is 0. The van der Waals surface area contributed by atoms with Crippen LogP contribution in [0, 0.1) is 5.92 Å². The van der Waals surface area contributed by atoms with Crippen LogP contribution in [0.5, 0.6) is 0 Å². The van der Waals surface area contributed by atoms with Crippen molar-refractivity contribution < 1.29 is 4.79 Å². The minimum atomic E-state index is 0. The van der Waals surface area contributed by atoms with E-state index in [1.54, 1.807) is 0 Å². The van der Waals surface area contributed by atoms with E-state index in [1.165, 1.54) is 16.3 Å². The molecule has 6 heteroatoms. The maximum atomic E-state index is 12.6. The molecule has 0 unspecified atom stereocenters. The average molecular weight is 537 g/mol. The van der Waals surface area contributed by atoms with Crippen molar-refractivity contribution in [3.05, 3.63) is 48.0 Å². The van der Waals surface area contributed by atoms with Gasteiger partial charge in [0.05, 0.1) is 0 Å². The molecule has 1 heterocycles. The lowest BCUT2D eigenvalue weighted by atomic mass is 9.98. The third-order valence-electron chi connectivity index (χ3n) is 6.27. The Hall–Kier alpha value is -1.83. The fourth-order valence-corrected chi connectivity index (χ4v) is 4.35. The van der Waals surface area contributed by atoms with Gasteiger partial charge in [0, 0.05) is 38.6 Å². The van der Waals surface area contributed by atoms with E-state index in [1.807, 2.05) is 11.9 Å². The number of benzene rings is 2. The predicted molar refractivity (Wildman–Crippen MR) is 141 cm³/mol. The van der Waals surface area contributed by atoms with Gasteiger partial charge in [-0.05, 0) is 48.4 Å². The van der Waals surface area contributed by atoms with Gasteiger partial charge < -0.3 is 15.5 Å². The molecule has 0 radical (unpaired) electrons. The standard InChI is InChI=1S/C25H36N4O.HI/c1-4-19(5-2)24(30)29-17-14-22(15-18-29)28-25(26-3)27-16-13-21-11-8-10-20-9-6-7-12-23(20)21;/h6-12,19,22H,4-5,13-18H2,1-3H3,(H2,26,27,28);1H. The number of piperidine rings is 1. The molecule has 2 N–H and O–H groups in total. The first-order valence-electron chi connectivity index (χ1n) is 11.4. The highest BCUT2D eigenvalue weighted by Gasteiger charge is 2.26. The van der Waals surface area contributed by atoms with Crippen LogP contribution in [0.25, 0.3) is 10.8 Å². The highest BCUT2D eigenvalue weighted by Crippen LogP contribution is 2.19. The summed E-state index contributed by atoms with van der Waals surface area (Å²) in [7, 11) is 1.82. The Kier molecular flexibility index (Phi) is 10.6. The summed E-state index contributed by atoms with van der Waals surface area (Å²) in [5, 5.41) is 9.61. The van der Waals surface area contributed by atoms with Crippen molar-refractivity contribution in [2.75, 3.05) is 26.7 Å². The largest absolute Gasteiger partial charge is 0.356 e. The van der Waals surface area contributed by atoms with Crippen LogP contribution in [-0.2, 0) is 11.2 Å².